The van der Waals surface area contributed by atoms with Gasteiger partial charge in [0, 0.05) is 42.1 Å². The monoisotopic (exact) mass is 448 g/mol. The Labute approximate surface area is 182 Å². The van der Waals surface area contributed by atoms with Crippen molar-refractivity contribution < 1.29 is 27.5 Å². The SMILES string of the molecule is CCCC(=O)OCC(=O)c1cc(C)n(-c2cccc(S(=O)(=O)N3CCOCC3)c2)c1C. The summed E-state index contributed by atoms with van der Waals surface area (Å²) in [6, 6.07) is 8.40. The summed E-state index contributed by atoms with van der Waals surface area (Å²) >= 11 is 0. The van der Waals surface area contributed by atoms with Crippen LogP contribution in [0.2, 0.25) is 0 Å². The van der Waals surface area contributed by atoms with Crippen molar-refractivity contribution in [1.29, 1.82) is 0 Å². The molecule has 0 amide bonds. The van der Waals surface area contributed by atoms with E-state index in [-0.39, 0.29) is 23.7 Å². The van der Waals surface area contributed by atoms with Gasteiger partial charge in [0.25, 0.3) is 0 Å². The zero-order valence-corrected chi connectivity index (χ0v) is 18.9. The molecule has 0 saturated carbocycles. The van der Waals surface area contributed by atoms with Crippen LogP contribution in [0.15, 0.2) is 35.2 Å². The van der Waals surface area contributed by atoms with Crippen molar-refractivity contribution in [2.24, 2.45) is 0 Å². The maximum Gasteiger partial charge on any atom is 0.306 e. The fraction of sp³-hybridized carbons (Fsp3) is 0.455. The van der Waals surface area contributed by atoms with Gasteiger partial charge in [0.05, 0.1) is 18.1 Å². The maximum absolute atomic E-state index is 13.0. The number of benzene rings is 1. The van der Waals surface area contributed by atoms with E-state index in [1.807, 2.05) is 18.4 Å². The largest absolute Gasteiger partial charge is 0.457 e. The van der Waals surface area contributed by atoms with Crippen LogP contribution in [-0.4, -0.2) is 62.0 Å². The molecule has 1 aliphatic rings. The van der Waals surface area contributed by atoms with Crippen molar-refractivity contribution in [1.82, 2.24) is 8.87 Å². The van der Waals surface area contributed by atoms with Gasteiger partial charge in [-0.15, -0.1) is 0 Å². The summed E-state index contributed by atoms with van der Waals surface area (Å²) < 4.78 is 39.6. The summed E-state index contributed by atoms with van der Waals surface area (Å²) in [6.45, 7) is 6.59. The number of aryl methyl sites for hydroxylation is 1. The van der Waals surface area contributed by atoms with Crippen LogP contribution in [0.1, 0.15) is 41.5 Å². The topological polar surface area (TPSA) is 94.9 Å². The van der Waals surface area contributed by atoms with E-state index >= 15 is 0 Å². The molecule has 1 aliphatic heterocycles. The minimum atomic E-state index is -3.64. The van der Waals surface area contributed by atoms with Crippen LogP contribution in [0.3, 0.4) is 0 Å². The molecule has 3 rings (SSSR count). The molecule has 31 heavy (non-hydrogen) atoms. The van der Waals surface area contributed by atoms with E-state index in [9.17, 15) is 18.0 Å². The molecule has 0 atom stereocenters. The van der Waals surface area contributed by atoms with E-state index in [2.05, 4.69) is 0 Å². The molecular weight excluding hydrogens is 420 g/mol. The Hall–Kier alpha value is -2.49. The van der Waals surface area contributed by atoms with Gasteiger partial charge < -0.3 is 14.0 Å². The highest BCUT2D eigenvalue weighted by molar-refractivity contribution is 7.89. The quantitative estimate of drug-likeness (QED) is 0.455. The number of carbonyl (C=O) groups is 2. The number of hydrogen-bond donors (Lipinski definition) is 0. The van der Waals surface area contributed by atoms with E-state index in [1.165, 1.54) is 4.31 Å². The smallest absolute Gasteiger partial charge is 0.306 e. The highest BCUT2D eigenvalue weighted by atomic mass is 32.2. The van der Waals surface area contributed by atoms with Gasteiger partial charge >= 0.3 is 5.97 Å². The first-order valence-electron chi connectivity index (χ1n) is 10.3. The first-order chi connectivity index (χ1) is 14.8. The number of ketones is 1. The van der Waals surface area contributed by atoms with Crippen LogP contribution in [0.4, 0.5) is 0 Å². The van der Waals surface area contributed by atoms with Gasteiger partial charge in [0.1, 0.15) is 0 Å². The van der Waals surface area contributed by atoms with Gasteiger partial charge in [-0.3, -0.25) is 9.59 Å². The standard InChI is InChI=1S/C22H28N2O6S/c1-4-6-22(26)30-15-21(25)20-13-16(2)24(17(20)3)18-7-5-8-19(14-18)31(27,28)23-9-11-29-12-10-23/h5,7-8,13-14H,4,6,9-12,15H2,1-3H3. The van der Waals surface area contributed by atoms with Crippen molar-refractivity contribution >= 4 is 21.8 Å². The van der Waals surface area contributed by atoms with Crippen LogP contribution in [-0.2, 0) is 24.3 Å². The Bertz CT molecular complexity index is 1070. The lowest BCUT2D eigenvalue weighted by Crippen LogP contribution is -2.40. The van der Waals surface area contributed by atoms with E-state index in [4.69, 9.17) is 9.47 Å². The molecule has 168 valence electrons. The van der Waals surface area contributed by atoms with Crippen LogP contribution in [0.25, 0.3) is 5.69 Å². The maximum atomic E-state index is 13.0. The number of esters is 1. The number of ether oxygens (including phenoxy) is 2. The third kappa shape index (κ3) is 5.06. The Morgan fingerprint density at radius 2 is 1.84 bits per heavy atom. The third-order valence-electron chi connectivity index (χ3n) is 5.23. The van der Waals surface area contributed by atoms with Crippen molar-refractivity contribution in [3.05, 3.63) is 47.3 Å². The molecule has 2 aromatic rings. The third-order valence-corrected chi connectivity index (χ3v) is 7.13. The fourth-order valence-electron chi connectivity index (χ4n) is 3.66. The first-order valence-corrected chi connectivity index (χ1v) is 11.8. The minimum Gasteiger partial charge on any atom is -0.457 e. The van der Waals surface area contributed by atoms with Crippen molar-refractivity contribution in [2.75, 3.05) is 32.9 Å². The van der Waals surface area contributed by atoms with Crippen LogP contribution < -0.4 is 0 Å². The second-order valence-electron chi connectivity index (χ2n) is 7.47. The zero-order chi connectivity index (χ0) is 22.6. The minimum absolute atomic E-state index is 0.195. The van der Waals surface area contributed by atoms with Crippen LogP contribution >= 0.6 is 0 Å². The number of sulfonamides is 1. The summed E-state index contributed by atoms with van der Waals surface area (Å²) in [5.74, 6) is -0.688. The van der Waals surface area contributed by atoms with Gasteiger partial charge in [-0.1, -0.05) is 13.0 Å². The molecule has 0 unspecified atom stereocenters. The average Bonchev–Trinajstić information content (AvgIpc) is 3.07. The number of morpholine rings is 1. The average molecular weight is 449 g/mol. The number of carbonyl (C=O) groups excluding carboxylic acids is 2. The molecule has 0 N–H and O–H groups in total. The molecule has 0 bridgehead atoms. The lowest BCUT2D eigenvalue weighted by Gasteiger charge is -2.26. The van der Waals surface area contributed by atoms with Crippen molar-refractivity contribution in [2.45, 2.75) is 38.5 Å². The predicted octanol–water partition coefficient (Wildman–Crippen LogP) is 2.64. The van der Waals surface area contributed by atoms with Gasteiger partial charge in [0.2, 0.25) is 15.8 Å². The van der Waals surface area contributed by atoms with Gasteiger partial charge in [-0.05, 0) is 44.5 Å². The van der Waals surface area contributed by atoms with E-state index in [0.29, 0.717) is 49.7 Å². The van der Waals surface area contributed by atoms with E-state index < -0.39 is 16.0 Å². The molecule has 0 radical (unpaired) electrons. The molecule has 0 aliphatic carbocycles. The lowest BCUT2D eigenvalue weighted by molar-refractivity contribution is -0.142. The molecule has 1 saturated heterocycles. The highest BCUT2D eigenvalue weighted by Gasteiger charge is 2.27. The summed E-state index contributed by atoms with van der Waals surface area (Å²) in [5, 5.41) is 0. The Morgan fingerprint density at radius 3 is 2.52 bits per heavy atom. The lowest BCUT2D eigenvalue weighted by atomic mass is 10.1. The van der Waals surface area contributed by atoms with Gasteiger partial charge in [0.15, 0.2) is 6.61 Å². The van der Waals surface area contributed by atoms with Gasteiger partial charge in [-0.2, -0.15) is 4.31 Å². The summed E-state index contributed by atoms with van der Waals surface area (Å²) in [7, 11) is -3.64. The predicted molar refractivity (Wildman–Crippen MR) is 115 cm³/mol. The molecule has 1 aromatic heterocycles. The van der Waals surface area contributed by atoms with Crippen molar-refractivity contribution in [3.8, 4) is 5.69 Å². The zero-order valence-electron chi connectivity index (χ0n) is 18.1. The number of rotatable bonds is 8. The normalized spacial score (nSPS) is 15.1. The van der Waals surface area contributed by atoms with Gasteiger partial charge in [-0.25, -0.2) is 8.42 Å². The second kappa shape index (κ2) is 9.76. The second-order valence-corrected chi connectivity index (χ2v) is 9.41. The Kier molecular flexibility index (Phi) is 7.30. The molecule has 1 aromatic carbocycles. The van der Waals surface area contributed by atoms with E-state index in [0.717, 1.165) is 5.69 Å². The number of aromatic nitrogens is 1. The van der Waals surface area contributed by atoms with E-state index in [1.54, 1.807) is 37.3 Å². The molecule has 8 nitrogen and oxygen atoms in total. The molecule has 1 fully saturated rings. The summed E-state index contributed by atoms with van der Waals surface area (Å²) in [4.78, 5) is 24.4. The van der Waals surface area contributed by atoms with Crippen LogP contribution in [0, 0.1) is 13.8 Å². The molecule has 9 heteroatoms. The number of nitrogens with zero attached hydrogens (tertiary/aromatic N) is 2. The van der Waals surface area contributed by atoms with Crippen LogP contribution in [0.5, 0.6) is 0 Å². The Balaban J connectivity index is 1.88. The summed E-state index contributed by atoms with van der Waals surface area (Å²) in [5.41, 5.74) is 2.53. The fourth-order valence-corrected chi connectivity index (χ4v) is 5.11. The van der Waals surface area contributed by atoms with Crippen molar-refractivity contribution in [3.63, 3.8) is 0 Å². The number of hydrogen-bond acceptors (Lipinski definition) is 6. The molecular formula is C22H28N2O6S. The summed E-state index contributed by atoms with van der Waals surface area (Å²) in [6.07, 6.45) is 0.932. The number of Topliss-reactive ketones (excluding diaryl/α,β-unsaturated/α-hetero) is 1. The Morgan fingerprint density at radius 1 is 1.13 bits per heavy atom. The first kappa shape index (κ1) is 23.2. The highest BCUT2D eigenvalue weighted by Crippen LogP contribution is 2.25. The molecule has 0 spiro atoms. The molecule has 2 heterocycles.